The first kappa shape index (κ1) is 19.8. The first-order valence-corrected chi connectivity index (χ1v) is 12.4. The number of aromatic hydroxyl groups is 1. The molecule has 1 aliphatic heterocycles. The molecule has 160 valence electrons. The van der Waals surface area contributed by atoms with Crippen LogP contribution in [0.15, 0.2) is 23.1 Å². The molecule has 5 aliphatic rings. The van der Waals surface area contributed by atoms with Crippen molar-refractivity contribution in [1.82, 2.24) is 9.62 Å². The summed E-state index contributed by atoms with van der Waals surface area (Å²) in [4.78, 5) is 13.1. The number of benzene rings is 1. The molecule has 0 aromatic heterocycles. The van der Waals surface area contributed by atoms with Gasteiger partial charge in [-0.1, -0.05) is 0 Å². The van der Waals surface area contributed by atoms with Crippen LogP contribution in [0.25, 0.3) is 0 Å². The van der Waals surface area contributed by atoms with Gasteiger partial charge >= 0.3 is 0 Å². The SMILES string of the molecule is N#Cc1cc(S(=O)(=O)N2CCCC2C(=O)NC2C3CC4CC(C3)CC2C4)ccc1O. The number of hydrogen-bond acceptors (Lipinski definition) is 5. The molecule has 7 nitrogen and oxygen atoms in total. The van der Waals surface area contributed by atoms with Crippen molar-refractivity contribution in [2.75, 3.05) is 6.54 Å². The topological polar surface area (TPSA) is 111 Å². The van der Waals surface area contributed by atoms with Crippen molar-refractivity contribution in [3.63, 3.8) is 0 Å². The van der Waals surface area contributed by atoms with E-state index in [-0.39, 0.29) is 34.7 Å². The number of amides is 1. The lowest BCUT2D eigenvalue weighted by Gasteiger charge is -2.54. The van der Waals surface area contributed by atoms with Crippen LogP contribution < -0.4 is 5.32 Å². The molecule has 2 N–H and O–H groups in total. The van der Waals surface area contributed by atoms with E-state index >= 15 is 0 Å². The van der Waals surface area contributed by atoms with Gasteiger partial charge in [-0.15, -0.1) is 0 Å². The van der Waals surface area contributed by atoms with E-state index < -0.39 is 16.1 Å². The van der Waals surface area contributed by atoms with E-state index in [9.17, 15) is 18.3 Å². The van der Waals surface area contributed by atoms with Crippen molar-refractivity contribution in [1.29, 1.82) is 5.26 Å². The number of carbonyl (C=O) groups excluding carboxylic acids is 1. The van der Waals surface area contributed by atoms with Crippen LogP contribution >= 0.6 is 0 Å². The largest absolute Gasteiger partial charge is 0.507 e. The molecule has 1 heterocycles. The summed E-state index contributed by atoms with van der Waals surface area (Å²) in [5.41, 5.74) is -0.0927. The molecule has 0 spiro atoms. The van der Waals surface area contributed by atoms with E-state index in [1.165, 1.54) is 54.6 Å². The molecule has 1 amide bonds. The minimum absolute atomic E-state index is 0.0637. The molecule has 1 unspecified atom stereocenters. The quantitative estimate of drug-likeness (QED) is 0.763. The van der Waals surface area contributed by atoms with Gasteiger partial charge in [-0.3, -0.25) is 4.79 Å². The number of nitriles is 1. The Kier molecular flexibility index (Phi) is 4.79. The summed E-state index contributed by atoms with van der Waals surface area (Å²) in [5, 5.41) is 22.1. The zero-order chi connectivity index (χ0) is 21.0. The van der Waals surface area contributed by atoms with Crippen molar-refractivity contribution in [3.05, 3.63) is 23.8 Å². The van der Waals surface area contributed by atoms with Gasteiger partial charge in [0.2, 0.25) is 15.9 Å². The van der Waals surface area contributed by atoms with E-state index in [1.54, 1.807) is 6.07 Å². The third-order valence-electron chi connectivity index (χ3n) is 7.74. The second-order valence-electron chi connectivity index (χ2n) is 9.53. The van der Waals surface area contributed by atoms with Gasteiger partial charge in [0, 0.05) is 12.6 Å². The van der Waals surface area contributed by atoms with Crippen molar-refractivity contribution >= 4 is 15.9 Å². The number of nitrogens with zero attached hydrogens (tertiary/aromatic N) is 2. The maximum atomic E-state index is 13.2. The number of phenols is 1. The Bertz CT molecular complexity index is 988. The minimum atomic E-state index is -3.93. The number of phenolic OH excluding ortho intramolecular Hbond substituents is 1. The predicted octanol–water partition coefficient (Wildman–Crippen LogP) is 2.36. The van der Waals surface area contributed by atoms with Gasteiger partial charge < -0.3 is 10.4 Å². The molecule has 4 saturated carbocycles. The van der Waals surface area contributed by atoms with Gasteiger partial charge in [0.25, 0.3) is 0 Å². The van der Waals surface area contributed by atoms with E-state index in [0.29, 0.717) is 24.7 Å². The minimum Gasteiger partial charge on any atom is -0.507 e. The highest BCUT2D eigenvalue weighted by molar-refractivity contribution is 7.89. The Labute approximate surface area is 177 Å². The van der Waals surface area contributed by atoms with Gasteiger partial charge in [0.05, 0.1) is 10.5 Å². The highest BCUT2D eigenvalue weighted by Crippen LogP contribution is 2.53. The first-order chi connectivity index (χ1) is 14.4. The second-order valence-corrected chi connectivity index (χ2v) is 11.4. The summed E-state index contributed by atoms with van der Waals surface area (Å²) in [5.74, 6) is 2.25. The van der Waals surface area contributed by atoms with Crippen molar-refractivity contribution in [2.24, 2.45) is 23.7 Å². The van der Waals surface area contributed by atoms with Crippen LogP contribution in [0.4, 0.5) is 0 Å². The predicted molar refractivity (Wildman–Crippen MR) is 109 cm³/mol. The third kappa shape index (κ3) is 3.19. The second kappa shape index (κ2) is 7.24. The number of nitrogens with one attached hydrogen (secondary N) is 1. The molecule has 6 rings (SSSR count). The molecular weight excluding hydrogens is 402 g/mol. The Morgan fingerprint density at radius 1 is 1.13 bits per heavy atom. The van der Waals surface area contributed by atoms with E-state index in [0.717, 1.165) is 11.8 Å². The molecule has 4 aliphatic carbocycles. The molecule has 8 heteroatoms. The zero-order valence-electron chi connectivity index (χ0n) is 16.8. The number of carbonyl (C=O) groups is 1. The molecule has 5 fully saturated rings. The fourth-order valence-electron chi connectivity index (χ4n) is 6.61. The number of sulfonamides is 1. The highest BCUT2D eigenvalue weighted by Gasteiger charge is 2.49. The van der Waals surface area contributed by atoms with Crippen LogP contribution in [-0.2, 0) is 14.8 Å². The molecule has 1 aromatic rings. The summed E-state index contributed by atoms with van der Waals surface area (Å²) in [6.07, 6.45) is 7.23. The average Bonchev–Trinajstić information content (AvgIpc) is 3.21. The van der Waals surface area contributed by atoms with Gasteiger partial charge in [0.1, 0.15) is 17.9 Å². The summed E-state index contributed by atoms with van der Waals surface area (Å²) in [6.45, 7) is 0.283. The van der Waals surface area contributed by atoms with Gasteiger partial charge in [-0.05, 0) is 86.8 Å². The van der Waals surface area contributed by atoms with Gasteiger partial charge in [0.15, 0.2) is 0 Å². The fourth-order valence-corrected chi connectivity index (χ4v) is 8.29. The van der Waals surface area contributed by atoms with Crippen LogP contribution in [0.3, 0.4) is 0 Å². The standard InChI is InChI=1S/C22H27N3O4S/c23-12-17-11-18(3-4-20(17)26)30(28,29)25-5-1-2-19(25)22(27)24-21-15-7-13-6-14(9-15)10-16(21)8-13/h3-4,11,13-16,19,21,26H,1-2,5-10H2,(H,24,27). The summed E-state index contributed by atoms with van der Waals surface area (Å²) in [7, 11) is -3.93. The lowest BCUT2D eigenvalue weighted by Crippen LogP contribution is -2.58. The van der Waals surface area contributed by atoms with Crippen LogP contribution in [0.5, 0.6) is 5.75 Å². The van der Waals surface area contributed by atoms with Crippen molar-refractivity contribution < 1.29 is 18.3 Å². The molecule has 1 saturated heterocycles. The first-order valence-electron chi connectivity index (χ1n) is 10.9. The van der Waals surface area contributed by atoms with Crippen molar-refractivity contribution in [3.8, 4) is 11.8 Å². The summed E-state index contributed by atoms with van der Waals surface area (Å²) in [6, 6.07) is 4.94. The molecule has 4 bridgehead atoms. The van der Waals surface area contributed by atoms with E-state index in [1.807, 2.05) is 0 Å². The van der Waals surface area contributed by atoms with Crippen LogP contribution in [0.2, 0.25) is 0 Å². The molecular formula is C22H27N3O4S. The zero-order valence-corrected chi connectivity index (χ0v) is 17.6. The van der Waals surface area contributed by atoms with Crippen LogP contribution in [-0.4, -0.2) is 42.4 Å². The maximum absolute atomic E-state index is 13.2. The van der Waals surface area contributed by atoms with E-state index in [2.05, 4.69) is 5.32 Å². The van der Waals surface area contributed by atoms with Gasteiger partial charge in [-0.2, -0.15) is 9.57 Å². The summed E-state index contributed by atoms with van der Waals surface area (Å²) < 4.78 is 27.7. The normalized spacial score (nSPS) is 35.3. The Morgan fingerprint density at radius 3 is 2.43 bits per heavy atom. The fraction of sp³-hybridized carbons (Fsp3) is 0.636. The molecule has 30 heavy (non-hydrogen) atoms. The molecule has 1 aromatic carbocycles. The highest BCUT2D eigenvalue weighted by atomic mass is 32.2. The Balaban J connectivity index is 1.35. The average molecular weight is 430 g/mol. The van der Waals surface area contributed by atoms with Gasteiger partial charge in [-0.25, -0.2) is 8.42 Å². The van der Waals surface area contributed by atoms with Crippen LogP contribution in [0.1, 0.15) is 50.5 Å². The smallest absolute Gasteiger partial charge is 0.243 e. The third-order valence-corrected chi connectivity index (χ3v) is 9.64. The molecule has 0 radical (unpaired) electrons. The maximum Gasteiger partial charge on any atom is 0.243 e. The summed E-state index contributed by atoms with van der Waals surface area (Å²) >= 11 is 0. The van der Waals surface area contributed by atoms with Crippen LogP contribution in [0, 0.1) is 35.0 Å². The van der Waals surface area contributed by atoms with Crippen molar-refractivity contribution in [2.45, 2.75) is 61.9 Å². The Morgan fingerprint density at radius 2 is 1.80 bits per heavy atom. The molecule has 1 atom stereocenters. The van der Waals surface area contributed by atoms with E-state index in [4.69, 9.17) is 5.26 Å². The number of hydrogen-bond donors (Lipinski definition) is 2. The monoisotopic (exact) mass is 429 g/mol. The number of rotatable bonds is 4. The lowest BCUT2D eigenvalue weighted by atomic mass is 9.54. The lowest BCUT2D eigenvalue weighted by molar-refractivity contribution is -0.128. The Hall–Kier alpha value is -2.11.